The highest BCUT2D eigenvalue weighted by molar-refractivity contribution is 8.04. The molecule has 0 spiro atoms. The SMILES string of the molecule is CC(C)(C)c1cc(C=C2Sc3ccccc3N(CC#N)C2=O)cc(C(C)(C)C)c1O. The number of carbonyl (C=O) groups is 1. The monoisotopic (exact) mass is 420 g/mol. The summed E-state index contributed by atoms with van der Waals surface area (Å²) in [5.74, 6) is 0.138. The van der Waals surface area contributed by atoms with Crippen molar-refractivity contribution < 1.29 is 9.90 Å². The third-order valence-electron chi connectivity index (χ3n) is 5.11. The van der Waals surface area contributed by atoms with Gasteiger partial charge in [-0.25, -0.2) is 0 Å². The summed E-state index contributed by atoms with van der Waals surface area (Å²) in [6, 6.07) is 13.6. The van der Waals surface area contributed by atoms with E-state index >= 15 is 0 Å². The highest BCUT2D eigenvalue weighted by Crippen LogP contribution is 2.44. The van der Waals surface area contributed by atoms with E-state index in [1.54, 1.807) is 0 Å². The molecule has 0 saturated carbocycles. The van der Waals surface area contributed by atoms with Crippen LogP contribution in [0.25, 0.3) is 6.08 Å². The standard InChI is InChI=1S/C25H28N2O2S/c1-24(2,3)17-13-16(14-18(22(17)28)25(4,5)6)15-21-23(29)27(12-11-26)19-9-7-8-10-20(19)30-21/h7-10,13-15,28H,12H2,1-6H3. The number of amides is 1. The first kappa shape index (κ1) is 22.0. The molecular formula is C25H28N2O2S. The molecule has 1 aliphatic rings. The van der Waals surface area contributed by atoms with Gasteiger partial charge in [-0.15, -0.1) is 0 Å². The Morgan fingerprint density at radius 1 is 1.07 bits per heavy atom. The van der Waals surface area contributed by atoms with Gasteiger partial charge in [-0.1, -0.05) is 65.4 Å². The molecule has 2 aromatic rings. The van der Waals surface area contributed by atoms with Crippen LogP contribution < -0.4 is 4.90 Å². The molecule has 0 atom stereocenters. The van der Waals surface area contributed by atoms with Crippen LogP contribution in [0.3, 0.4) is 0 Å². The molecular weight excluding hydrogens is 392 g/mol. The topological polar surface area (TPSA) is 64.3 Å². The number of thioether (sulfide) groups is 1. The number of phenols is 1. The number of nitrogens with zero attached hydrogens (tertiary/aromatic N) is 2. The van der Waals surface area contributed by atoms with Gasteiger partial charge >= 0.3 is 0 Å². The van der Waals surface area contributed by atoms with Crippen LogP contribution in [0.5, 0.6) is 5.75 Å². The summed E-state index contributed by atoms with van der Waals surface area (Å²) < 4.78 is 0. The molecule has 156 valence electrons. The molecule has 5 heteroatoms. The molecule has 1 heterocycles. The van der Waals surface area contributed by atoms with E-state index in [0.717, 1.165) is 27.3 Å². The van der Waals surface area contributed by atoms with Crippen molar-refractivity contribution in [3.63, 3.8) is 0 Å². The second-order valence-electron chi connectivity index (χ2n) is 9.59. The Morgan fingerprint density at radius 3 is 2.17 bits per heavy atom. The molecule has 0 aliphatic carbocycles. The Balaban J connectivity index is 2.17. The lowest BCUT2D eigenvalue weighted by Gasteiger charge is -2.29. The quantitative estimate of drug-likeness (QED) is 0.479. The van der Waals surface area contributed by atoms with Crippen molar-refractivity contribution in [2.75, 3.05) is 11.4 Å². The first-order valence-electron chi connectivity index (χ1n) is 9.99. The number of aromatic hydroxyl groups is 1. The summed E-state index contributed by atoms with van der Waals surface area (Å²) in [6.07, 6.45) is 1.87. The summed E-state index contributed by atoms with van der Waals surface area (Å²) in [4.78, 5) is 16.2. The average Bonchev–Trinajstić information content (AvgIpc) is 2.64. The van der Waals surface area contributed by atoms with Crippen molar-refractivity contribution in [3.05, 3.63) is 58.0 Å². The van der Waals surface area contributed by atoms with Crippen LogP contribution in [0.1, 0.15) is 58.2 Å². The lowest BCUT2D eigenvalue weighted by molar-refractivity contribution is -0.114. The van der Waals surface area contributed by atoms with E-state index in [4.69, 9.17) is 0 Å². The van der Waals surface area contributed by atoms with Crippen LogP contribution in [-0.4, -0.2) is 17.6 Å². The molecule has 0 aromatic heterocycles. The molecule has 1 amide bonds. The van der Waals surface area contributed by atoms with Crippen molar-refractivity contribution in [2.24, 2.45) is 0 Å². The van der Waals surface area contributed by atoms with Crippen LogP contribution in [0, 0.1) is 11.3 Å². The normalized spacial score (nSPS) is 15.8. The summed E-state index contributed by atoms with van der Waals surface area (Å²) in [5, 5.41) is 20.2. The van der Waals surface area contributed by atoms with Gasteiger partial charge < -0.3 is 5.11 Å². The summed E-state index contributed by atoms with van der Waals surface area (Å²) >= 11 is 1.42. The van der Waals surface area contributed by atoms with E-state index in [0.29, 0.717) is 10.7 Å². The average molecular weight is 421 g/mol. The Labute approximate surface area is 183 Å². The summed E-state index contributed by atoms with van der Waals surface area (Å²) in [7, 11) is 0. The Bertz CT molecular complexity index is 1030. The number of para-hydroxylation sites is 1. The lowest BCUT2D eigenvalue weighted by atomic mass is 9.78. The molecule has 0 unspecified atom stereocenters. The number of fused-ring (bicyclic) bond motifs is 1. The van der Waals surface area contributed by atoms with Crippen LogP contribution in [-0.2, 0) is 15.6 Å². The number of hydrogen-bond acceptors (Lipinski definition) is 4. The number of nitriles is 1. The zero-order valence-electron chi connectivity index (χ0n) is 18.4. The zero-order chi connectivity index (χ0) is 22.3. The number of rotatable bonds is 2. The minimum Gasteiger partial charge on any atom is -0.507 e. The minimum atomic E-state index is -0.248. The largest absolute Gasteiger partial charge is 0.507 e. The van der Waals surface area contributed by atoms with Gasteiger partial charge in [-0.05, 0) is 46.7 Å². The number of hydrogen-bond donors (Lipinski definition) is 1. The number of benzene rings is 2. The third-order valence-corrected chi connectivity index (χ3v) is 6.18. The van der Waals surface area contributed by atoms with E-state index in [1.807, 2.05) is 42.5 Å². The fourth-order valence-electron chi connectivity index (χ4n) is 3.52. The Kier molecular flexibility index (Phi) is 5.75. The molecule has 2 aromatic carbocycles. The van der Waals surface area contributed by atoms with E-state index in [9.17, 15) is 15.2 Å². The first-order valence-corrected chi connectivity index (χ1v) is 10.8. The molecule has 0 bridgehead atoms. The summed E-state index contributed by atoms with van der Waals surface area (Å²) in [5.41, 5.74) is 2.84. The third kappa shape index (κ3) is 4.24. The van der Waals surface area contributed by atoms with E-state index < -0.39 is 0 Å². The molecule has 0 fully saturated rings. The Morgan fingerprint density at radius 2 is 1.63 bits per heavy atom. The predicted molar refractivity (Wildman–Crippen MR) is 124 cm³/mol. The van der Waals surface area contributed by atoms with E-state index in [2.05, 4.69) is 47.6 Å². The molecule has 30 heavy (non-hydrogen) atoms. The van der Waals surface area contributed by atoms with Gasteiger partial charge in [0, 0.05) is 16.0 Å². The van der Waals surface area contributed by atoms with Gasteiger partial charge in [0.2, 0.25) is 0 Å². The van der Waals surface area contributed by atoms with E-state index in [-0.39, 0.29) is 23.3 Å². The number of carbonyl (C=O) groups excluding carboxylic acids is 1. The molecule has 1 aliphatic heterocycles. The second-order valence-corrected chi connectivity index (χ2v) is 10.7. The van der Waals surface area contributed by atoms with Crippen molar-refractivity contribution >= 4 is 29.4 Å². The maximum atomic E-state index is 13.1. The maximum absolute atomic E-state index is 13.1. The van der Waals surface area contributed by atoms with Crippen LogP contribution in [0.15, 0.2) is 46.2 Å². The van der Waals surface area contributed by atoms with Gasteiger partial charge in [0.05, 0.1) is 16.7 Å². The molecule has 3 rings (SSSR count). The highest BCUT2D eigenvalue weighted by atomic mass is 32.2. The molecule has 1 N–H and O–H groups in total. The van der Waals surface area contributed by atoms with Gasteiger partial charge in [-0.3, -0.25) is 9.69 Å². The van der Waals surface area contributed by atoms with Crippen LogP contribution >= 0.6 is 11.8 Å². The fourth-order valence-corrected chi connectivity index (χ4v) is 4.58. The van der Waals surface area contributed by atoms with Gasteiger partial charge in [0.25, 0.3) is 5.91 Å². The Hall–Kier alpha value is -2.71. The first-order chi connectivity index (χ1) is 13.9. The van der Waals surface area contributed by atoms with Gasteiger partial charge in [-0.2, -0.15) is 5.26 Å². The predicted octanol–water partition coefficient (Wildman–Crippen LogP) is 5.99. The second kappa shape index (κ2) is 7.85. The van der Waals surface area contributed by atoms with Crippen molar-refractivity contribution in [1.29, 1.82) is 5.26 Å². The highest BCUT2D eigenvalue weighted by Gasteiger charge is 2.30. The van der Waals surface area contributed by atoms with Crippen LogP contribution in [0.2, 0.25) is 0 Å². The van der Waals surface area contributed by atoms with Crippen molar-refractivity contribution in [1.82, 2.24) is 0 Å². The van der Waals surface area contributed by atoms with Crippen molar-refractivity contribution in [3.8, 4) is 11.8 Å². The molecule has 4 nitrogen and oxygen atoms in total. The molecule has 0 radical (unpaired) electrons. The van der Waals surface area contributed by atoms with Crippen molar-refractivity contribution in [2.45, 2.75) is 57.3 Å². The number of anilines is 1. The summed E-state index contributed by atoms with van der Waals surface area (Å²) in [6.45, 7) is 12.4. The van der Waals surface area contributed by atoms with E-state index in [1.165, 1.54) is 16.7 Å². The lowest BCUT2D eigenvalue weighted by Crippen LogP contribution is -2.34. The van der Waals surface area contributed by atoms with Crippen LogP contribution in [0.4, 0.5) is 5.69 Å². The number of phenolic OH excluding ortho intramolecular Hbond substituents is 1. The maximum Gasteiger partial charge on any atom is 0.266 e. The zero-order valence-corrected chi connectivity index (χ0v) is 19.2. The van der Waals surface area contributed by atoms with Gasteiger partial charge in [0.15, 0.2) is 0 Å². The van der Waals surface area contributed by atoms with Gasteiger partial charge in [0.1, 0.15) is 12.3 Å². The molecule has 0 saturated heterocycles. The smallest absolute Gasteiger partial charge is 0.266 e. The minimum absolute atomic E-state index is 0.00378. The fraction of sp³-hybridized carbons (Fsp3) is 0.360.